The van der Waals surface area contributed by atoms with Crippen LogP contribution in [0.4, 0.5) is 0 Å². The van der Waals surface area contributed by atoms with Gasteiger partial charge in [0.15, 0.2) is 5.78 Å². The Morgan fingerprint density at radius 3 is 2.77 bits per heavy atom. The van der Waals surface area contributed by atoms with Crippen molar-refractivity contribution in [2.24, 2.45) is 0 Å². The number of carbonyl (C=O) groups is 2. The van der Waals surface area contributed by atoms with Gasteiger partial charge in [-0.3, -0.25) is 4.79 Å². The van der Waals surface area contributed by atoms with E-state index in [9.17, 15) is 9.59 Å². The van der Waals surface area contributed by atoms with Crippen LogP contribution in [0.2, 0.25) is 0 Å². The molecule has 0 bridgehead atoms. The summed E-state index contributed by atoms with van der Waals surface area (Å²) in [5.41, 5.74) is 3.26. The molecule has 7 heteroatoms. The fraction of sp³-hybridized carbons (Fsp3) is 0.333. The maximum Gasteiger partial charge on any atom is 0.336 e. The van der Waals surface area contributed by atoms with E-state index in [0.29, 0.717) is 35.4 Å². The number of allylic oxidation sites excluding steroid dienone is 3. The Balaban J connectivity index is 1.87. The zero-order valence-corrected chi connectivity index (χ0v) is 19.2. The molecule has 2 atom stereocenters. The smallest absolute Gasteiger partial charge is 0.336 e. The first kappa shape index (κ1) is 21.4. The standard InChI is InChI=1S/C24H24BrNO5/c1-4-30-24(28)21-13(2)26-17-10-14(19-6-5-9-31-19)11-18(27)23(17)22(21)16-12-15(25)7-8-20(16)29-3/h5-9,12,14,22,26H,4,10-11H2,1-3H3/t14-,22-/m1/s1. The second kappa shape index (κ2) is 8.75. The molecule has 2 aromatic rings. The Morgan fingerprint density at radius 1 is 1.29 bits per heavy atom. The summed E-state index contributed by atoms with van der Waals surface area (Å²) < 4.78 is 17.4. The lowest BCUT2D eigenvalue weighted by Gasteiger charge is -2.36. The van der Waals surface area contributed by atoms with E-state index in [0.717, 1.165) is 21.5 Å². The number of furan rings is 1. The molecular weight excluding hydrogens is 462 g/mol. The number of ketones is 1. The minimum absolute atomic E-state index is 0.0172. The summed E-state index contributed by atoms with van der Waals surface area (Å²) in [5.74, 6) is 0.320. The number of nitrogens with one attached hydrogen (secondary N) is 1. The second-order valence-corrected chi connectivity index (χ2v) is 8.56. The Morgan fingerprint density at radius 2 is 2.10 bits per heavy atom. The van der Waals surface area contributed by atoms with Gasteiger partial charge in [-0.05, 0) is 50.6 Å². The van der Waals surface area contributed by atoms with E-state index in [-0.39, 0.29) is 18.3 Å². The SMILES string of the molecule is CCOC(=O)C1=C(C)NC2=C(C(=O)C[C@H](c3ccco3)C2)[C@@H]1c1cc(Br)ccc1OC. The third-order valence-electron chi connectivity index (χ3n) is 5.77. The maximum atomic E-state index is 13.5. The average Bonchev–Trinajstić information content (AvgIpc) is 3.27. The summed E-state index contributed by atoms with van der Waals surface area (Å²) in [6.45, 7) is 3.86. The molecule has 31 heavy (non-hydrogen) atoms. The van der Waals surface area contributed by atoms with Crippen LogP contribution in [0.25, 0.3) is 0 Å². The summed E-state index contributed by atoms with van der Waals surface area (Å²) in [6.07, 6.45) is 2.56. The first-order valence-corrected chi connectivity index (χ1v) is 11.0. The number of hydrogen-bond donors (Lipinski definition) is 1. The van der Waals surface area contributed by atoms with Crippen molar-refractivity contribution >= 4 is 27.7 Å². The predicted octanol–water partition coefficient (Wildman–Crippen LogP) is 4.98. The van der Waals surface area contributed by atoms with Crippen molar-refractivity contribution in [3.05, 3.63) is 74.9 Å². The molecule has 2 aliphatic rings. The van der Waals surface area contributed by atoms with Gasteiger partial charge in [-0.25, -0.2) is 4.79 Å². The summed E-state index contributed by atoms with van der Waals surface area (Å²) in [7, 11) is 1.58. The summed E-state index contributed by atoms with van der Waals surface area (Å²) in [5, 5.41) is 3.33. The van der Waals surface area contributed by atoms with E-state index in [1.165, 1.54) is 0 Å². The highest BCUT2D eigenvalue weighted by Gasteiger charge is 2.42. The quantitative estimate of drug-likeness (QED) is 0.602. The van der Waals surface area contributed by atoms with Gasteiger partial charge in [0.25, 0.3) is 0 Å². The van der Waals surface area contributed by atoms with E-state index in [1.54, 1.807) is 20.3 Å². The number of methoxy groups -OCH3 is 1. The highest BCUT2D eigenvalue weighted by Crippen LogP contribution is 2.48. The molecule has 0 fully saturated rings. The number of benzene rings is 1. The Bertz CT molecular complexity index is 1080. The summed E-state index contributed by atoms with van der Waals surface area (Å²) >= 11 is 3.52. The van der Waals surface area contributed by atoms with Crippen molar-refractivity contribution in [1.82, 2.24) is 5.32 Å². The number of ether oxygens (including phenoxy) is 2. The molecule has 1 aliphatic heterocycles. The van der Waals surface area contributed by atoms with Gasteiger partial charge >= 0.3 is 5.97 Å². The Hall–Kier alpha value is -2.80. The highest BCUT2D eigenvalue weighted by molar-refractivity contribution is 9.10. The number of carbonyl (C=O) groups excluding carboxylic acids is 2. The number of hydrogen-bond acceptors (Lipinski definition) is 6. The fourth-order valence-electron chi connectivity index (χ4n) is 4.49. The monoisotopic (exact) mass is 485 g/mol. The van der Waals surface area contributed by atoms with Crippen molar-refractivity contribution in [1.29, 1.82) is 0 Å². The molecular formula is C24H24BrNO5. The lowest BCUT2D eigenvalue weighted by molar-refractivity contribution is -0.138. The minimum atomic E-state index is -0.576. The summed E-state index contributed by atoms with van der Waals surface area (Å²) in [6, 6.07) is 9.33. The van der Waals surface area contributed by atoms with Gasteiger partial charge < -0.3 is 19.2 Å². The molecule has 6 nitrogen and oxygen atoms in total. The zero-order chi connectivity index (χ0) is 22.1. The third kappa shape index (κ3) is 3.94. The van der Waals surface area contributed by atoms with E-state index in [1.807, 2.05) is 37.3 Å². The van der Waals surface area contributed by atoms with Gasteiger partial charge in [-0.2, -0.15) is 0 Å². The van der Waals surface area contributed by atoms with Crippen LogP contribution in [-0.2, 0) is 14.3 Å². The van der Waals surface area contributed by atoms with Crippen molar-refractivity contribution in [2.45, 2.75) is 38.5 Å². The molecule has 4 rings (SSSR count). The fourth-order valence-corrected chi connectivity index (χ4v) is 4.86. The Kier molecular flexibility index (Phi) is 6.05. The normalized spacial score (nSPS) is 21.0. The lowest BCUT2D eigenvalue weighted by atomic mass is 9.72. The molecule has 0 unspecified atom stereocenters. The first-order chi connectivity index (χ1) is 14.9. The van der Waals surface area contributed by atoms with Crippen LogP contribution in [0.1, 0.15) is 49.8 Å². The molecule has 1 N–H and O–H groups in total. The van der Waals surface area contributed by atoms with Crippen LogP contribution in [0.3, 0.4) is 0 Å². The maximum absolute atomic E-state index is 13.5. The lowest BCUT2D eigenvalue weighted by Crippen LogP contribution is -2.36. The van der Waals surface area contributed by atoms with Crippen LogP contribution in [0, 0.1) is 0 Å². The number of rotatable bonds is 5. The van der Waals surface area contributed by atoms with Crippen LogP contribution in [0.5, 0.6) is 5.75 Å². The van der Waals surface area contributed by atoms with Gasteiger partial charge in [-0.1, -0.05) is 15.9 Å². The summed E-state index contributed by atoms with van der Waals surface area (Å²) in [4.78, 5) is 26.5. The topological polar surface area (TPSA) is 77.8 Å². The largest absolute Gasteiger partial charge is 0.496 e. The number of halogens is 1. The third-order valence-corrected chi connectivity index (χ3v) is 6.26. The van der Waals surface area contributed by atoms with Crippen LogP contribution >= 0.6 is 15.9 Å². The number of dihydropyridines is 1. The van der Waals surface area contributed by atoms with E-state index >= 15 is 0 Å². The van der Waals surface area contributed by atoms with E-state index < -0.39 is 11.9 Å². The van der Waals surface area contributed by atoms with Gasteiger partial charge in [-0.15, -0.1) is 0 Å². The van der Waals surface area contributed by atoms with Crippen LogP contribution < -0.4 is 10.1 Å². The van der Waals surface area contributed by atoms with Gasteiger partial charge in [0.1, 0.15) is 11.5 Å². The second-order valence-electron chi connectivity index (χ2n) is 7.64. The predicted molar refractivity (Wildman–Crippen MR) is 119 cm³/mol. The van der Waals surface area contributed by atoms with Crippen LogP contribution in [0.15, 0.2) is 68.0 Å². The molecule has 1 aromatic carbocycles. The van der Waals surface area contributed by atoms with Gasteiger partial charge in [0.05, 0.1) is 31.5 Å². The minimum Gasteiger partial charge on any atom is -0.496 e. The van der Waals surface area contributed by atoms with Crippen LogP contribution in [-0.4, -0.2) is 25.5 Å². The molecule has 0 amide bonds. The molecule has 0 saturated carbocycles. The van der Waals surface area contributed by atoms with Crippen molar-refractivity contribution < 1.29 is 23.5 Å². The molecule has 0 spiro atoms. The Labute approximate surface area is 189 Å². The molecule has 0 saturated heterocycles. The molecule has 162 valence electrons. The van der Waals surface area contributed by atoms with Crippen molar-refractivity contribution in [3.8, 4) is 5.75 Å². The first-order valence-electron chi connectivity index (χ1n) is 10.2. The number of Topliss-reactive ketones (excluding diaryl/α,β-unsaturated/α-hetero) is 1. The van der Waals surface area contributed by atoms with E-state index in [4.69, 9.17) is 13.9 Å². The highest BCUT2D eigenvalue weighted by atomic mass is 79.9. The van der Waals surface area contributed by atoms with Crippen molar-refractivity contribution in [3.63, 3.8) is 0 Å². The zero-order valence-electron chi connectivity index (χ0n) is 17.7. The molecule has 1 aromatic heterocycles. The van der Waals surface area contributed by atoms with Gasteiger partial charge in [0, 0.05) is 39.3 Å². The van der Waals surface area contributed by atoms with Crippen molar-refractivity contribution in [2.75, 3.05) is 13.7 Å². The molecule has 2 heterocycles. The average molecular weight is 486 g/mol. The molecule has 1 aliphatic carbocycles. The molecule has 0 radical (unpaired) electrons. The van der Waals surface area contributed by atoms with E-state index in [2.05, 4.69) is 21.2 Å². The van der Waals surface area contributed by atoms with Gasteiger partial charge in [0.2, 0.25) is 0 Å². The number of esters is 1.